The molecule has 6 unspecified atom stereocenters. The highest BCUT2D eigenvalue weighted by Crippen LogP contribution is 2.68. The van der Waals surface area contributed by atoms with Gasteiger partial charge in [0, 0.05) is 17.3 Å². The lowest BCUT2D eigenvalue weighted by molar-refractivity contribution is -0.201. The van der Waals surface area contributed by atoms with Crippen molar-refractivity contribution in [1.82, 2.24) is 0 Å². The zero-order valence-electron chi connectivity index (χ0n) is 16.7. The maximum atomic E-state index is 16.9. The summed E-state index contributed by atoms with van der Waals surface area (Å²) in [6.45, 7) is 4.54. The van der Waals surface area contributed by atoms with Crippen LogP contribution in [0.1, 0.15) is 46.5 Å². The van der Waals surface area contributed by atoms with E-state index in [9.17, 15) is 19.8 Å². The van der Waals surface area contributed by atoms with E-state index in [-0.39, 0.29) is 30.1 Å². The maximum absolute atomic E-state index is 16.9. The van der Waals surface area contributed by atoms with E-state index < -0.39 is 47.2 Å². The number of hydrogen-bond acceptors (Lipinski definition) is 4. The third-order valence-electron chi connectivity index (χ3n) is 8.04. The van der Waals surface area contributed by atoms with Crippen LogP contribution in [0.5, 0.6) is 0 Å². The Kier molecular flexibility index (Phi) is 5.43. The molecule has 156 valence electrons. The third-order valence-corrected chi connectivity index (χ3v) is 8.04. The molecule has 0 aliphatic heterocycles. The Bertz CT molecular complexity index is 719. The van der Waals surface area contributed by atoms with Crippen LogP contribution in [-0.2, 0) is 9.59 Å². The predicted molar refractivity (Wildman–Crippen MR) is 101 cm³/mol. The summed E-state index contributed by atoms with van der Waals surface area (Å²) in [5.74, 6) is -1.81. The number of allylic oxidation sites excluding steroid dienone is 4. The summed E-state index contributed by atoms with van der Waals surface area (Å²) in [4.78, 5) is 23.4. The molecular formula is C22H30F2O4. The van der Waals surface area contributed by atoms with Crippen LogP contribution in [0.15, 0.2) is 23.8 Å². The Hall–Kier alpha value is -1.40. The molecule has 2 N–H and O–H groups in total. The van der Waals surface area contributed by atoms with E-state index in [0.717, 1.165) is 6.08 Å². The first-order chi connectivity index (χ1) is 13.1. The predicted octanol–water partition coefficient (Wildman–Crippen LogP) is 3.12. The molecule has 4 nitrogen and oxygen atoms in total. The normalized spacial score (nSPS) is 49.8. The minimum atomic E-state index is -2.14. The first-order valence-electron chi connectivity index (χ1n) is 10.1. The SMILES string of the molecule is C/C=C\C1(C)/C(=C\C=O)[C@@H](F)CC2C3CCC(C(=O)CO)C3(C)CC(O)[C@@]21F. The fraction of sp³-hybridized carbons (Fsp3) is 0.727. The van der Waals surface area contributed by atoms with E-state index in [4.69, 9.17) is 0 Å². The number of halogens is 2. The molecule has 3 fully saturated rings. The topological polar surface area (TPSA) is 74.6 Å². The molecule has 3 saturated carbocycles. The fourth-order valence-corrected chi connectivity index (χ4v) is 6.83. The number of aliphatic hydroxyl groups excluding tert-OH is 2. The van der Waals surface area contributed by atoms with Crippen LogP contribution < -0.4 is 0 Å². The first-order valence-corrected chi connectivity index (χ1v) is 10.1. The van der Waals surface area contributed by atoms with Gasteiger partial charge in [-0.05, 0) is 62.5 Å². The lowest BCUT2D eigenvalue weighted by Crippen LogP contribution is -2.68. The molecular weight excluding hydrogens is 366 g/mol. The minimum absolute atomic E-state index is 0.0583. The van der Waals surface area contributed by atoms with Gasteiger partial charge in [0.25, 0.3) is 0 Å². The number of fused-ring (bicyclic) bond motifs is 3. The fourth-order valence-electron chi connectivity index (χ4n) is 6.83. The number of carbonyl (C=O) groups is 2. The molecule has 28 heavy (non-hydrogen) atoms. The van der Waals surface area contributed by atoms with Crippen molar-refractivity contribution in [2.75, 3.05) is 6.61 Å². The lowest BCUT2D eigenvalue weighted by Gasteiger charge is -2.62. The van der Waals surface area contributed by atoms with E-state index in [1.165, 1.54) is 0 Å². The smallest absolute Gasteiger partial charge is 0.161 e. The van der Waals surface area contributed by atoms with Gasteiger partial charge in [-0.15, -0.1) is 0 Å². The molecule has 3 aliphatic carbocycles. The average Bonchev–Trinajstić information content (AvgIpc) is 2.98. The standard InChI is InChI=1S/C22H30F2O4/c1-4-8-21(3)14(7-9-25)17(23)10-16-13-5-6-15(18(27)12-26)20(13,2)11-19(28)22(16,21)24/h4,7-9,13,15-17,19,26,28H,5-6,10-12H2,1-3H3/b8-4-,14-7-/t13?,15?,16?,17-,19?,20?,21?,22-/m0/s1. The molecule has 3 aliphatic rings. The molecule has 0 radical (unpaired) electrons. The first kappa shape index (κ1) is 21.3. The number of rotatable bonds is 4. The Morgan fingerprint density at radius 1 is 1.29 bits per heavy atom. The Labute approximate surface area is 164 Å². The summed E-state index contributed by atoms with van der Waals surface area (Å²) in [5.41, 5.74) is -4.21. The van der Waals surface area contributed by atoms with Crippen molar-refractivity contribution in [3.63, 3.8) is 0 Å². The Balaban J connectivity index is 2.14. The molecule has 0 heterocycles. The molecule has 6 heteroatoms. The molecule has 8 atom stereocenters. The average molecular weight is 396 g/mol. The highest BCUT2D eigenvalue weighted by Gasteiger charge is 2.71. The summed E-state index contributed by atoms with van der Waals surface area (Å²) >= 11 is 0. The summed E-state index contributed by atoms with van der Waals surface area (Å²) in [6.07, 6.45) is 2.85. The van der Waals surface area contributed by atoms with Crippen LogP contribution >= 0.6 is 0 Å². The summed E-state index contributed by atoms with van der Waals surface area (Å²) in [7, 11) is 0. The van der Waals surface area contributed by atoms with Crippen LogP contribution in [0.4, 0.5) is 8.78 Å². The zero-order chi connectivity index (χ0) is 20.9. The van der Waals surface area contributed by atoms with Crippen LogP contribution in [0, 0.1) is 28.6 Å². The van der Waals surface area contributed by atoms with Gasteiger partial charge in [0.1, 0.15) is 19.1 Å². The maximum Gasteiger partial charge on any atom is 0.161 e. The highest BCUT2D eigenvalue weighted by molar-refractivity contribution is 5.83. The molecule has 0 saturated heterocycles. The second kappa shape index (κ2) is 7.13. The largest absolute Gasteiger partial charge is 0.390 e. The number of hydrogen-bond donors (Lipinski definition) is 2. The summed E-state index contributed by atoms with van der Waals surface area (Å²) < 4.78 is 32.1. The van der Waals surface area contributed by atoms with Crippen molar-refractivity contribution in [2.45, 2.75) is 64.4 Å². The van der Waals surface area contributed by atoms with Gasteiger partial charge in [0.2, 0.25) is 0 Å². The number of ketones is 1. The van der Waals surface area contributed by atoms with Crippen molar-refractivity contribution in [1.29, 1.82) is 0 Å². The van der Waals surface area contributed by atoms with E-state index in [1.807, 2.05) is 6.92 Å². The van der Waals surface area contributed by atoms with Crippen LogP contribution in [0.3, 0.4) is 0 Å². The van der Waals surface area contributed by atoms with Gasteiger partial charge in [-0.3, -0.25) is 9.59 Å². The number of aliphatic hydroxyl groups is 2. The van der Waals surface area contributed by atoms with E-state index in [2.05, 4.69) is 0 Å². The van der Waals surface area contributed by atoms with E-state index in [0.29, 0.717) is 19.1 Å². The van der Waals surface area contributed by atoms with Crippen LogP contribution in [-0.4, -0.2) is 46.8 Å². The van der Waals surface area contributed by atoms with Gasteiger partial charge in [-0.1, -0.05) is 19.1 Å². The van der Waals surface area contributed by atoms with Crippen molar-refractivity contribution < 1.29 is 28.6 Å². The van der Waals surface area contributed by atoms with Crippen molar-refractivity contribution in [3.05, 3.63) is 23.8 Å². The van der Waals surface area contributed by atoms with Gasteiger partial charge in [0.05, 0.1) is 6.10 Å². The quantitative estimate of drug-likeness (QED) is 0.435. The number of aldehydes is 1. The molecule has 0 amide bonds. The van der Waals surface area contributed by atoms with E-state index >= 15 is 8.78 Å². The third kappa shape index (κ3) is 2.60. The highest BCUT2D eigenvalue weighted by atomic mass is 19.1. The van der Waals surface area contributed by atoms with E-state index in [1.54, 1.807) is 26.0 Å². The minimum Gasteiger partial charge on any atom is -0.390 e. The molecule has 0 aromatic heterocycles. The second-order valence-electron chi connectivity index (χ2n) is 9.12. The van der Waals surface area contributed by atoms with Gasteiger partial charge in [-0.25, -0.2) is 8.78 Å². The number of carbonyl (C=O) groups excluding carboxylic acids is 2. The zero-order valence-corrected chi connectivity index (χ0v) is 16.7. The second-order valence-corrected chi connectivity index (χ2v) is 9.12. The van der Waals surface area contributed by atoms with Gasteiger partial charge >= 0.3 is 0 Å². The van der Waals surface area contributed by atoms with Crippen LogP contribution in [0.2, 0.25) is 0 Å². The van der Waals surface area contributed by atoms with Crippen molar-refractivity contribution >= 4 is 12.1 Å². The Morgan fingerprint density at radius 3 is 2.54 bits per heavy atom. The lowest BCUT2D eigenvalue weighted by atomic mass is 9.45. The monoisotopic (exact) mass is 396 g/mol. The molecule has 0 bridgehead atoms. The van der Waals surface area contributed by atoms with Gasteiger partial charge in [0.15, 0.2) is 11.5 Å². The molecule has 3 rings (SSSR count). The van der Waals surface area contributed by atoms with Gasteiger partial charge in [-0.2, -0.15) is 0 Å². The van der Waals surface area contributed by atoms with Crippen molar-refractivity contribution in [3.8, 4) is 0 Å². The van der Waals surface area contributed by atoms with Crippen LogP contribution in [0.25, 0.3) is 0 Å². The number of Topliss-reactive ketones (excluding diaryl/α,β-unsaturated/α-hetero) is 1. The molecule has 0 spiro atoms. The number of alkyl halides is 2. The Morgan fingerprint density at radius 2 is 1.96 bits per heavy atom. The summed E-state index contributed by atoms with van der Waals surface area (Å²) in [5, 5.41) is 20.4. The van der Waals surface area contributed by atoms with Gasteiger partial charge < -0.3 is 10.2 Å². The molecule has 0 aromatic rings. The summed E-state index contributed by atoms with van der Waals surface area (Å²) in [6, 6.07) is 0. The molecule has 0 aromatic carbocycles. The van der Waals surface area contributed by atoms with Crippen molar-refractivity contribution in [2.24, 2.45) is 28.6 Å².